The van der Waals surface area contributed by atoms with Crippen LogP contribution in [0.15, 0.2) is 24.3 Å². The molecule has 1 fully saturated rings. The quantitative estimate of drug-likeness (QED) is 0.787. The van der Waals surface area contributed by atoms with E-state index in [9.17, 15) is 14.4 Å². The molecule has 0 saturated carbocycles. The minimum absolute atomic E-state index is 0.0836. The Morgan fingerprint density at radius 3 is 2.44 bits per heavy atom. The Bertz CT molecular complexity index is 500. The fourth-order valence-electron chi connectivity index (χ4n) is 1.73. The van der Waals surface area contributed by atoms with E-state index in [1.807, 2.05) is 0 Å². The lowest BCUT2D eigenvalue weighted by molar-refractivity contribution is -0.145. The highest BCUT2D eigenvalue weighted by Crippen LogP contribution is 2.16. The normalized spacial score (nSPS) is 15.5. The summed E-state index contributed by atoms with van der Waals surface area (Å²) in [4.78, 5) is 35.5. The van der Waals surface area contributed by atoms with Crippen LogP contribution in [0.25, 0.3) is 0 Å². The first-order valence-corrected chi connectivity index (χ1v) is 5.78. The Balaban J connectivity index is 2.06. The number of carbonyl (C=O) groups is 3. The number of nitrogens with zero attached hydrogens (tertiary/aromatic N) is 1. The summed E-state index contributed by atoms with van der Waals surface area (Å²) in [5.41, 5.74) is 0.683. The first kappa shape index (κ1) is 12.6. The molecule has 1 saturated heterocycles. The van der Waals surface area contributed by atoms with E-state index in [0.717, 1.165) is 0 Å². The maximum Gasteiger partial charge on any atom is 0.246 e. The second-order valence-corrected chi connectivity index (χ2v) is 4.40. The van der Waals surface area contributed by atoms with Gasteiger partial charge in [0.15, 0.2) is 0 Å². The van der Waals surface area contributed by atoms with E-state index in [1.165, 1.54) is 4.90 Å². The van der Waals surface area contributed by atoms with Crippen LogP contribution in [-0.4, -0.2) is 35.7 Å². The highest BCUT2D eigenvalue weighted by molar-refractivity contribution is 6.31. The lowest BCUT2D eigenvalue weighted by atomic mass is 10.1. The molecule has 0 atom stereocenters. The fraction of sp³-hybridized carbons (Fsp3) is 0.250. The average Bonchev–Trinajstić information content (AvgIpc) is 2.31. The van der Waals surface area contributed by atoms with Crippen LogP contribution in [0.3, 0.4) is 0 Å². The summed E-state index contributed by atoms with van der Waals surface area (Å²) in [6.07, 6.45) is 0.0836. The highest BCUT2D eigenvalue weighted by atomic mass is 35.5. The van der Waals surface area contributed by atoms with Gasteiger partial charge in [0.1, 0.15) is 13.1 Å². The number of hydrogen-bond donors (Lipinski definition) is 1. The SMILES string of the molecule is O=C1CN(C(=O)Cc2ccccc2Cl)CC(=O)N1. The van der Waals surface area contributed by atoms with E-state index in [4.69, 9.17) is 11.6 Å². The predicted octanol–water partition coefficient (Wildman–Crippen LogP) is 0.368. The molecule has 94 valence electrons. The topological polar surface area (TPSA) is 66.5 Å². The van der Waals surface area contributed by atoms with Crippen LogP contribution >= 0.6 is 11.6 Å². The van der Waals surface area contributed by atoms with Crippen LogP contribution in [-0.2, 0) is 20.8 Å². The van der Waals surface area contributed by atoms with Gasteiger partial charge >= 0.3 is 0 Å². The number of carbonyl (C=O) groups excluding carboxylic acids is 3. The highest BCUT2D eigenvalue weighted by Gasteiger charge is 2.26. The molecule has 18 heavy (non-hydrogen) atoms. The van der Waals surface area contributed by atoms with Crippen molar-refractivity contribution in [1.29, 1.82) is 0 Å². The van der Waals surface area contributed by atoms with Crippen molar-refractivity contribution < 1.29 is 14.4 Å². The molecule has 1 aromatic rings. The molecular weight excluding hydrogens is 256 g/mol. The van der Waals surface area contributed by atoms with Crippen LogP contribution in [0.1, 0.15) is 5.56 Å². The van der Waals surface area contributed by atoms with Gasteiger partial charge < -0.3 is 4.90 Å². The zero-order valence-electron chi connectivity index (χ0n) is 9.48. The van der Waals surface area contributed by atoms with Gasteiger partial charge in [0, 0.05) is 5.02 Å². The Kier molecular flexibility index (Phi) is 3.62. The van der Waals surface area contributed by atoms with Crippen molar-refractivity contribution in [3.8, 4) is 0 Å². The third-order valence-corrected chi connectivity index (χ3v) is 2.97. The molecule has 5 nitrogen and oxygen atoms in total. The Morgan fingerprint density at radius 1 is 1.22 bits per heavy atom. The van der Waals surface area contributed by atoms with Crippen molar-refractivity contribution in [2.24, 2.45) is 0 Å². The van der Waals surface area contributed by atoms with Gasteiger partial charge in [-0.2, -0.15) is 0 Å². The predicted molar refractivity (Wildman–Crippen MR) is 64.9 cm³/mol. The summed E-state index contributed by atoms with van der Waals surface area (Å²) >= 11 is 5.95. The van der Waals surface area contributed by atoms with Crippen LogP contribution in [0.2, 0.25) is 5.02 Å². The number of benzene rings is 1. The fourth-order valence-corrected chi connectivity index (χ4v) is 1.93. The molecule has 2 rings (SSSR count). The van der Waals surface area contributed by atoms with E-state index in [2.05, 4.69) is 5.32 Å². The molecule has 1 aliphatic rings. The van der Waals surface area contributed by atoms with Crippen molar-refractivity contribution in [1.82, 2.24) is 10.2 Å². The molecular formula is C12H11ClN2O3. The largest absolute Gasteiger partial charge is 0.324 e. The van der Waals surface area contributed by atoms with Crippen molar-refractivity contribution in [3.05, 3.63) is 34.9 Å². The van der Waals surface area contributed by atoms with Crippen molar-refractivity contribution >= 4 is 29.3 Å². The number of piperazine rings is 1. The number of amides is 3. The minimum Gasteiger partial charge on any atom is -0.324 e. The van der Waals surface area contributed by atoms with Gasteiger partial charge in [-0.15, -0.1) is 0 Å². The van der Waals surface area contributed by atoms with E-state index in [0.29, 0.717) is 10.6 Å². The molecule has 3 amide bonds. The molecule has 1 N–H and O–H groups in total. The lowest BCUT2D eigenvalue weighted by Crippen LogP contribution is -2.53. The van der Waals surface area contributed by atoms with Gasteiger partial charge in [-0.05, 0) is 11.6 Å². The molecule has 0 spiro atoms. The first-order valence-electron chi connectivity index (χ1n) is 5.40. The standard InChI is InChI=1S/C12H11ClN2O3/c13-9-4-2-1-3-8(9)5-12(18)15-6-10(16)14-11(17)7-15/h1-4H,5-7H2,(H,14,16,17). The zero-order valence-corrected chi connectivity index (χ0v) is 10.2. The molecule has 0 aliphatic carbocycles. The maximum absolute atomic E-state index is 11.9. The number of halogens is 1. The lowest BCUT2D eigenvalue weighted by Gasteiger charge is -2.25. The number of nitrogens with one attached hydrogen (secondary N) is 1. The maximum atomic E-state index is 11.9. The van der Waals surface area contributed by atoms with Crippen LogP contribution < -0.4 is 5.32 Å². The zero-order chi connectivity index (χ0) is 13.1. The van der Waals surface area contributed by atoms with Gasteiger partial charge in [-0.3, -0.25) is 19.7 Å². The van der Waals surface area contributed by atoms with E-state index in [1.54, 1.807) is 24.3 Å². The van der Waals surface area contributed by atoms with E-state index in [-0.39, 0.29) is 25.4 Å². The van der Waals surface area contributed by atoms with Crippen LogP contribution in [0.5, 0.6) is 0 Å². The van der Waals surface area contributed by atoms with Crippen molar-refractivity contribution in [3.63, 3.8) is 0 Å². The average molecular weight is 267 g/mol. The Labute approximate surface area is 109 Å². The van der Waals surface area contributed by atoms with Crippen molar-refractivity contribution in [2.75, 3.05) is 13.1 Å². The van der Waals surface area contributed by atoms with Gasteiger partial charge in [0.05, 0.1) is 6.42 Å². The first-order chi connectivity index (χ1) is 8.56. The summed E-state index contributed by atoms with van der Waals surface area (Å²) in [5.74, 6) is -1.20. The second-order valence-electron chi connectivity index (χ2n) is 3.99. The molecule has 0 aromatic heterocycles. The molecule has 0 bridgehead atoms. The van der Waals surface area contributed by atoms with E-state index < -0.39 is 11.8 Å². The molecule has 0 radical (unpaired) electrons. The summed E-state index contributed by atoms with van der Waals surface area (Å²) < 4.78 is 0. The van der Waals surface area contributed by atoms with Crippen molar-refractivity contribution in [2.45, 2.75) is 6.42 Å². The molecule has 6 heteroatoms. The van der Waals surface area contributed by atoms with E-state index >= 15 is 0 Å². The van der Waals surface area contributed by atoms with Gasteiger partial charge in [-0.25, -0.2) is 0 Å². The molecule has 1 aromatic carbocycles. The summed E-state index contributed by atoms with van der Waals surface area (Å²) in [6, 6.07) is 6.99. The number of rotatable bonds is 2. The van der Waals surface area contributed by atoms with Crippen LogP contribution in [0, 0.1) is 0 Å². The summed E-state index contributed by atoms with van der Waals surface area (Å²) in [5, 5.41) is 2.64. The van der Waals surface area contributed by atoms with Crippen LogP contribution in [0.4, 0.5) is 0 Å². The Morgan fingerprint density at radius 2 is 1.83 bits per heavy atom. The third kappa shape index (κ3) is 2.87. The smallest absolute Gasteiger partial charge is 0.246 e. The monoisotopic (exact) mass is 266 g/mol. The Hall–Kier alpha value is -1.88. The second kappa shape index (κ2) is 5.18. The van der Waals surface area contributed by atoms with Gasteiger partial charge in [0.25, 0.3) is 0 Å². The molecule has 1 aliphatic heterocycles. The molecule has 0 unspecified atom stereocenters. The van der Waals surface area contributed by atoms with Gasteiger partial charge in [-0.1, -0.05) is 29.8 Å². The number of hydrogen-bond acceptors (Lipinski definition) is 3. The molecule has 1 heterocycles. The summed E-state index contributed by atoms with van der Waals surface area (Å²) in [7, 11) is 0. The number of imide groups is 1. The minimum atomic E-state index is -0.459. The van der Waals surface area contributed by atoms with Gasteiger partial charge in [0.2, 0.25) is 17.7 Å². The summed E-state index contributed by atoms with van der Waals surface area (Å²) in [6.45, 7) is -0.177. The third-order valence-electron chi connectivity index (χ3n) is 2.60.